The second-order valence-electron chi connectivity index (χ2n) is 6.37. The Morgan fingerprint density at radius 1 is 1.14 bits per heavy atom. The van der Waals surface area contributed by atoms with E-state index in [-0.39, 0.29) is 18.6 Å². The third-order valence-corrected chi connectivity index (χ3v) is 4.31. The number of hydrogen-bond acceptors (Lipinski definition) is 3. The minimum absolute atomic E-state index is 0.0648. The zero-order chi connectivity index (χ0) is 16.1. The molecule has 0 bridgehead atoms. The molecule has 1 atom stereocenters. The first-order chi connectivity index (χ1) is 10.5. The van der Waals surface area contributed by atoms with Crippen molar-refractivity contribution in [2.45, 2.75) is 52.5 Å². The van der Waals surface area contributed by atoms with Crippen LogP contribution in [-0.2, 0) is 22.4 Å². The zero-order valence-electron chi connectivity index (χ0n) is 13.6. The molecule has 0 aliphatic heterocycles. The number of carbonyl (C=O) groups is 2. The topological polar surface area (TPSA) is 55.4 Å². The Labute approximate surface area is 132 Å². The van der Waals surface area contributed by atoms with Gasteiger partial charge in [-0.2, -0.15) is 0 Å². The summed E-state index contributed by atoms with van der Waals surface area (Å²) in [6.45, 7) is 5.77. The molecule has 0 spiro atoms. The van der Waals surface area contributed by atoms with E-state index in [1.54, 1.807) is 6.07 Å². The molecule has 0 unspecified atom stereocenters. The van der Waals surface area contributed by atoms with Gasteiger partial charge in [0.1, 0.15) is 0 Å². The number of hydrogen-bond donors (Lipinski definition) is 1. The highest BCUT2D eigenvalue weighted by atomic mass is 16.5. The number of benzene rings is 1. The third-order valence-electron chi connectivity index (χ3n) is 4.31. The van der Waals surface area contributed by atoms with E-state index in [2.05, 4.69) is 5.32 Å². The minimum atomic E-state index is -0.430. The Kier molecular flexibility index (Phi) is 5.58. The van der Waals surface area contributed by atoms with Crippen LogP contribution in [0.2, 0.25) is 0 Å². The molecule has 1 aromatic carbocycles. The van der Waals surface area contributed by atoms with Gasteiger partial charge in [-0.3, -0.25) is 4.79 Å². The fourth-order valence-electron chi connectivity index (χ4n) is 2.54. The molecule has 4 heteroatoms. The van der Waals surface area contributed by atoms with E-state index < -0.39 is 5.97 Å². The van der Waals surface area contributed by atoms with E-state index in [9.17, 15) is 9.59 Å². The summed E-state index contributed by atoms with van der Waals surface area (Å²) in [6.07, 6.45) is 4.48. The summed E-state index contributed by atoms with van der Waals surface area (Å²) >= 11 is 0. The second-order valence-corrected chi connectivity index (χ2v) is 6.37. The standard InChI is InChI=1S/C18H25NO3/c1-12(2)13(3)19-17(20)11-22-18(21)16-9-8-14-6-4-5-7-15(14)10-16/h8-10,12-13H,4-7,11H2,1-3H3,(H,19,20)/t13-/m1/s1. The van der Waals surface area contributed by atoms with E-state index in [4.69, 9.17) is 4.74 Å². The van der Waals surface area contributed by atoms with E-state index in [1.807, 2.05) is 32.9 Å². The predicted molar refractivity (Wildman–Crippen MR) is 85.8 cm³/mol. The normalized spacial score (nSPS) is 15.1. The highest BCUT2D eigenvalue weighted by Crippen LogP contribution is 2.22. The highest BCUT2D eigenvalue weighted by molar-refractivity contribution is 5.91. The highest BCUT2D eigenvalue weighted by Gasteiger charge is 2.16. The summed E-state index contributed by atoms with van der Waals surface area (Å²) in [5, 5.41) is 2.82. The van der Waals surface area contributed by atoms with Gasteiger partial charge >= 0.3 is 5.97 Å². The van der Waals surface area contributed by atoms with Crippen molar-refractivity contribution < 1.29 is 14.3 Å². The van der Waals surface area contributed by atoms with Crippen LogP contribution in [0.4, 0.5) is 0 Å². The number of nitrogens with one attached hydrogen (secondary N) is 1. The lowest BCUT2D eigenvalue weighted by Gasteiger charge is -2.18. The van der Waals surface area contributed by atoms with Crippen LogP contribution in [0.1, 0.15) is 55.1 Å². The molecule has 0 saturated heterocycles. The molecule has 0 aromatic heterocycles. The van der Waals surface area contributed by atoms with E-state index in [0.717, 1.165) is 12.8 Å². The first kappa shape index (κ1) is 16.5. The molecule has 22 heavy (non-hydrogen) atoms. The van der Waals surface area contributed by atoms with E-state index >= 15 is 0 Å². The summed E-state index contributed by atoms with van der Waals surface area (Å²) in [4.78, 5) is 23.8. The van der Waals surface area contributed by atoms with Gasteiger partial charge in [0.15, 0.2) is 6.61 Å². The Morgan fingerprint density at radius 3 is 2.50 bits per heavy atom. The Hall–Kier alpha value is -1.84. The lowest BCUT2D eigenvalue weighted by Crippen LogP contribution is -2.38. The van der Waals surface area contributed by atoms with Crippen LogP contribution in [0.5, 0.6) is 0 Å². The van der Waals surface area contributed by atoms with Gasteiger partial charge in [0.25, 0.3) is 5.91 Å². The van der Waals surface area contributed by atoms with Crippen LogP contribution in [0.3, 0.4) is 0 Å². The zero-order valence-corrected chi connectivity index (χ0v) is 13.6. The van der Waals surface area contributed by atoms with E-state index in [1.165, 1.54) is 24.0 Å². The molecule has 1 aliphatic carbocycles. The van der Waals surface area contributed by atoms with Gasteiger partial charge in [-0.1, -0.05) is 19.9 Å². The molecular formula is C18H25NO3. The number of aryl methyl sites for hydroxylation is 2. The second kappa shape index (κ2) is 7.43. The van der Waals surface area contributed by atoms with Gasteiger partial charge in [0, 0.05) is 6.04 Å². The van der Waals surface area contributed by atoms with Crippen molar-refractivity contribution in [3.63, 3.8) is 0 Å². The first-order valence-electron chi connectivity index (χ1n) is 8.05. The molecule has 1 N–H and O–H groups in total. The smallest absolute Gasteiger partial charge is 0.338 e. The van der Waals surface area contributed by atoms with Gasteiger partial charge in [-0.15, -0.1) is 0 Å². The van der Waals surface area contributed by atoms with Crippen molar-refractivity contribution in [2.24, 2.45) is 5.92 Å². The maximum Gasteiger partial charge on any atom is 0.338 e. The van der Waals surface area contributed by atoms with Crippen molar-refractivity contribution in [3.05, 3.63) is 34.9 Å². The fraction of sp³-hybridized carbons (Fsp3) is 0.556. The SMILES string of the molecule is CC(C)[C@@H](C)NC(=O)COC(=O)c1ccc2c(c1)CCCC2. The number of rotatable bonds is 5. The Balaban J connectivity index is 1.88. The van der Waals surface area contributed by atoms with Crippen LogP contribution in [0.15, 0.2) is 18.2 Å². The van der Waals surface area contributed by atoms with Crippen molar-refractivity contribution >= 4 is 11.9 Å². The van der Waals surface area contributed by atoms with Crippen molar-refractivity contribution in [1.29, 1.82) is 0 Å². The number of ether oxygens (including phenoxy) is 1. The van der Waals surface area contributed by atoms with Gasteiger partial charge in [-0.05, 0) is 61.8 Å². The molecule has 0 saturated carbocycles. The quantitative estimate of drug-likeness (QED) is 0.851. The molecule has 0 fully saturated rings. The molecule has 0 radical (unpaired) electrons. The van der Waals surface area contributed by atoms with Crippen LogP contribution < -0.4 is 5.32 Å². The van der Waals surface area contributed by atoms with Crippen LogP contribution in [0, 0.1) is 5.92 Å². The third kappa shape index (κ3) is 4.33. The van der Waals surface area contributed by atoms with Crippen LogP contribution in [-0.4, -0.2) is 24.5 Å². The van der Waals surface area contributed by atoms with Crippen molar-refractivity contribution in [3.8, 4) is 0 Å². The van der Waals surface area contributed by atoms with Gasteiger partial charge in [0.05, 0.1) is 5.56 Å². The fourth-order valence-corrected chi connectivity index (χ4v) is 2.54. The number of fused-ring (bicyclic) bond motifs is 1. The first-order valence-corrected chi connectivity index (χ1v) is 8.05. The minimum Gasteiger partial charge on any atom is -0.452 e. The molecule has 0 heterocycles. The van der Waals surface area contributed by atoms with Crippen molar-refractivity contribution in [2.75, 3.05) is 6.61 Å². The average molecular weight is 303 g/mol. The maximum absolute atomic E-state index is 12.1. The monoisotopic (exact) mass is 303 g/mol. The number of carbonyl (C=O) groups excluding carboxylic acids is 2. The molecule has 120 valence electrons. The van der Waals surface area contributed by atoms with Crippen LogP contribution in [0.25, 0.3) is 0 Å². The largest absolute Gasteiger partial charge is 0.452 e. The summed E-state index contributed by atoms with van der Waals surface area (Å²) in [6, 6.07) is 5.77. The van der Waals surface area contributed by atoms with Crippen molar-refractivity contribution in [1.82, 2.24) is 5.32 Å². The van der Waals surface area contributed by atoms with Gasteiger partial charge < -0.3 is 10.1 Å². The average Bonchev–Trinajstić information content (AvgIpc) is 2.52. The lowest BCUT2D eigenvalue weighted by molar-refractivity contribution is -0.125. The molecule has 4 nitrogen and oxygen atoms in total. The predicted octanol–water partition coefficient (Wildman–Crippen LogP) is 2.88. The number of esters is 1. The molecule has 1 aliphatic rings. The lowest BCUT2D eigenvalue weighted by atomic mass is 9.90. The van der Waals surface area contributed by atoms with Gasteiger partial charge in [-0.25, -0.2) is 4.79 Å². The molecule has 1 aromatic rings. The molecule has 1 amide bonds. The molecular weight excluding hydrogens is 278 g/mol. The summed E-state index contributed by atoms with van der Waals surface area (Å²) in [7, 11) is 0. The molecule has 2 rings (SSSR count). The summed E-state index contributed by atoms with van der Waals surface area (Å²) in [5.74, 6) is -0.339. The number of amides is 1. The summed E-state index contributed by atoms with van der Waals surface area (Å²) in [5.41, 5.74) is 3.09. The van der Waals surface area contributed by atoms with Gasteiger partial charge in [0.2, 0.25) is 0 Å². The Morgan fingerprint density at radius 2 is 1.82 bits per heavy atom. The maximum atomic E-state index is 12.1. The van der Waals surface area contributed by atoms with Crippen LogP contribution >= 0.6 is 0 Å². The van der Waals surface area contributed by atoms with E-state index in [0.29, 0.717) is 11.5 Å². The summed E-state index contributed by atoms with van der Waals surface area (Å²) < 4.78 is 5.11. The Bertz CT molecular complexity index is 551.